The van der Waals surface area contributed by atoms with E-state index in [1.165, 1.54) is 0 Å². The average Bonchev–Trinajstić information content (AvgIpc) is 2.28. The van der Waals surface area contributed by atoms with Crippen molar-refractivity contribution in [2.45, 2.75) is 64.7 Å². The van der Waals surface area contributed by atoms with E-state index in [1.54, 1.807) is 7.11 Å². The van der Waals surface area contributed by atoms with Gasteiger partial charge in [0.15, 0.2) is 0 Å². The molecule has 16 heavy (non-hydrogen) atoms. The third kappa shape index (κ3) is 5.80. The highest BCUT2D eigenvalue weighted by Crippen LogP contribution is 2.19. The minimum absolute atomic E-state index is 0.0976. The molecular formula is C12H28N2O2. The molecule has 2 atom stereocenters. The standard InChI is InChI=1S/C12H28N2O2/c1-6-11(16-7-2)10(14-13)8-9-12(3,4)15-5/h10-11,14H,6-9,13H2,1-5H3. The molecule has 4 heteroatoms. The van der Waals surface area contributed by atoms with Gasteiger partial charge in [-0.2, -0.15) is 0 Å². The van der Waals surface area contributed by atoms with Crippen molar-refractivity contribution >= 4 is 0 Å². The molecule has 98 valence electrons. The molecule has 0 spiro atoms. The molecule has 0 aromatic heterocycles. The number of nitrogens with one attached hydrogen (secondary N) is 1. The highest BCUT2D eigenvalue weighted by atomic mass is 16.5. The van der Waals surface area contributed by atoms with E-state index >= 15 is 0 Å². The van der Waals surface area contributed by atoms with Gasteiger partial charge in [-0.05, 0) is 40.0 Å². The second-order valence-corrected chi connectivity index (χ2v) is 4.68. The minimum atomic E-state index is -0.0976. The fourth-order valence-corrected chi connectivity index (χ4v) is 1.71. The van der Waals surface area contributed by atoms with Crippen LogP contribution >= 0.6 is 0 Å². The lowest BCUT2D eigenvalue weighted by atomic mass is 9.95. The van der Waals surface area contributed by atoms with E-state index in [2.05, 4.69) is 26.2 Å². The van der Waals surface area contributed by atoms with E-state index in [1.807, 2.05) is 6.92 Å². The summed E-state index contributed by atoms with van der Waals surface area (Å²) in [7, 11) is 1.74. The molecule has 4 nitrogen and oxygen atoms in total. The van der Waals surface area contributed by atoms with E-state index in [-0.39, 0.29) is 17.7 Å². The summed E-state index contributed by atoms with van der Waals surface area (Å²) in [6, 6.07) is 0.194. The zero-order valence-electron chi connectivity index (χ0n) is 11.4. The van der Waals surface area contributed by atoms with Crippen molar-refractivity contribution in [3.05, 3.63) is 0 Å². The van der Waals surface area contributed by atoms with Gasteiger partial charge in [0.05, 0.1) is 11.7 Å². The molecular weight excluding hydrogens is 204 g/mol. The summed E-state index contributed by atoms with van der Waals surface area (Å²) in [5, 5.41) is 0. The van der Waals surface area contributed by atoms with Crippen molar-refractivity contribution in [2.75, 3.05) is 13.7 Å². The molecule has 0 aliphatic heterocycles. The molecule has 0 saturated carbocycles. The van der Waals surface area contributed by atoms with Crippen molar-refractivity contribution < 1.29 is 9.47 Å². The number of ether oxygens (including phenoxy) is 2. The van der Waals surface area contributed by atoms with Crippen LogP contribution in [0.3, 0.4) is 0 Å². The lowest BCUT2D eigenvalue weighted by molar-refractivity contribution is -0.00482. The summed E-state index contributed by atoms with van der Waals surface area (Å²) in [5.41, 5.74) is 2.76. The van der Waals surface area contributed by atoms with Crippen LogP contribution in [-0.4, -0.2) is 31.5 Å². The van der Waals surface area contributed by atoms with Crippen LogP contribution in [0, 0.1) is 0 Å². The van der Waals surface area contributed by atoms with Gasteiger partial charge in [-0.25, -0.2) is 0 Å². The predicted molar refractivity (Wildman–Crippen MR) is 67.1 cm³/mol. The fraction of sp³-hybridized carbons (Fsp3) is 1.00. The number of nitrogens with two attached hydrogens (primary N) is 1. The molecule has 0 rings (SSSR count). The molecule has 0 saturated heterocycles. The monoisotopic (exact) mass is 232 g/mol. The second-order valence-electron chi connectivity index (χ2n) is 4.68. The predicted octanol–water partition coefficient (Wildman–Crippen LogP) is 1.84. The van der Waals surface area contributed by atoms with Crippen LogP contribution in [0.15, 0.2) is 0 Å². The Bertz CT molecular complexity index is 174. The zero-order chi connectivity index (χ0) is 12.6. The van der Waals surface area contributed by atoms with Crippen LogP contribution in [0.2, 0.25) is 0 Å². The molecule has 0 aromatic carbocycles. The molecule has 2 unspecified atom stereocenters. The van der Waals surface area contributed by atoms with E-state index in [0.717, 1.165) is 25.9 Å². The van der Waals surface area contributed by atoms with Gasteiger partial charge in [0, 0.05) is 19.8 Å². The van der Waals surface area contributed by atoms with E-state index in [9.17, 15) is 0 Å². The van der Waals surface area contributed by atoms with Crippen LogP contribution in [0.4, 0.5) is 0 Å². The first-order valence-corrected chi connectivity index (χ1v) is 6.13. The Labute approximate surface area is 99.8 Å². The second kappa shape index (κ2) is 8.01. The lowest BCUT2D eigenvalue weighted by Gasteiger charge is -2.29. The summed E-state index contributed by atoms with van der Waals surface area (Å²) < 4.78 is 11.1. The van der Waals surface area contributed by atoms with Gasteiger partial charge in [0.1, 0.15) is 0 Å². The molecule has 0 amide bonds. The number of methoxy groups -OCH3 is 1. The number of hydrogen-bond acceptors (Lipinski definition) is 4. The van der Waals surface area contributed by atoms with Gasteiger partial charge >= 0.3 is 0 Å². The summed E-state index contributed by atoms with van der Waals surface area (Å²) in [6.07, 6.45) is 3.07. The maximum absolute atomic E-state index is 5.66. The molecule has 0 aliphatic carbocycles. The third-order valence-electron chi connectivity index (χ3n) is 3.06. The quantitative estimate of drug-likeness (QED) is 0.470. The van der Waals surface area contributed by atoms with Crippen molar-refractivity contribution in [2.24, 2.45) is 5.84 Å². The Balaban J connectivity index is 4.17. The van der Waals surface area contributed by atoms with E-state index < -0.39 is 0 Å². The Morgan fingerprint density at radius 2 is 1.94 bits per heavy atom. The lowest BCUT2D eigenvalue weighted by Crippen LogP contribution is -2.46. The summed E-state index contributed by atoms with van der Waals surface area (Å²) in [6.45, 7) is 9.02. The van der Waals surface area contributed by atoms with Gasteiger partial charge in [-0.1, -0.05) is 6.92 Å². The first-order chi connectivity index (χ1) is 7.50. The van der Waals surface area contributed by atoms with Gasteiger partial charge in [0.25, 0.3) is 0 Å². The van der Waals surface area contributed by atoms with Crippen molar-refractivity contribution in [1.29, 1.82) is 0 Å². The number of hydrogen-bond donors (Lipinski definition) is 2. The summed E-state index contributed by atoms with van der Waals surface area (Å²) >= 11 is 0. The molecule has 3 N–H and O–H groups in total. The summed E-state index contributed by atoms with van der Waals surface area (Å²) in [4.78, 5) is 0. The van der Waals surface area contributed by atoms with Crippen molar-refractivity contribution in [3.8, 4) is 0 Å². The number of rotatable bonds is 9. The van der Waals surface area contributed by atoms with Crippen LogP contribution in [0.25, 0.3) is 0 Å². The van der Waals surface area contributed by atoms with Gasteiger partial charge < -0.3 is 9.47 Å². The Hall–Kier alpha value is -0.160. The van der Waals surface area contributed by atoms with Gasteiger partial charge in [-0.3, -0.25) is 11.3 Å². The number of hydrazine groups is 1. The minimum Gasteiger partial charge on any atom is -0.379 e. The molecule has 0 bridgehead atoms. The Morgan fingerprint density at radius 1 is 1.31 bits per heavy atom. The summed E-state index contributed by atoms with van der Waals surface area (Å²) in [5.74, 6) is 5.58. The topological polar surface area (TPSA) is 56.5 Å². The Kier molecular flexibility index (Phi) is 7.93. The third-order valence-corrected chi connectivity index (χ3v) is 3.06. The fourth-order valence-electron chi connectivity index (χ4n) is 1.71. The Morgan fingerprint density at radius 3 is 2.31 bits per heavy atom. The highest BCUT2D eigenvalue weighted by Gasteiger charge is 2.23. The van der Waals surface area contributed by atoms with Crippen LogP contribution in [0.5, 0.6) is 0 Å². The van der Waals surface area contributed by atoms with E-state index in [0.29, 0.717) is 0 Å². The molecule has 0 fully saturated rings. The molecule has 0 aromatic rings. The first-order valence-electron chi connectivity index (χ1n) is 6.13. The average molecular weight is 232 g/mol. The van der Waals surface area contributed by atoms with Crippen molar-refractivity contribution in [3.63, 3.8) is 0 Å². The van der Waals surface area contributed by atoms with E-state index in [4.69, 9.17) is 15.3 Å². The zero-order valence-corrected chi connectivity index (χ0v) is 11.4. The largest absolute Gasteiger partial charge is 0.379 e. The maximum atomic E-state index is 5.66. The van der Waals surface area contributed by atoms with Gasteiger partial charge in [0.2, 0.25) is 0 Å². The van der Waals surface area contributed by atoms with Crippen LogP contribution in [0.1, 0.15) is 47.0 Å². The first kappa shape index (κ1) is 15.8. The smallest absolute Gasteiger partial charge is 0.0738 e. The SMILES string of the molecule is CCOC(CC)C(CCC(C)(C)OC)NN. The molecule has 0 heterocycles. The molecule has 0 aliphatic rings. The normalized spacial score (nSPS) is 16.1. The van der Waals surface area contributed by atoms with Crippen molar-refractivity contribution in [1.82, 2.24) is 5.43 Å². The van der Waals surface area contributed by atoms with Crippen LogP contribution < -0.4 is 11.3 Å². The van der Waals surface area contributed by atoms with Crippen LogP contribution in [-0.2, 0) is 9.47 Å². The molecule has 0 radical (unpaired) electrons. The highest BCUT2D eigenvalue weighted by molar-refractivity contribution is 4.78. The maximum Gasteiger partial charge on any atom is 0.0738 e. The van der Waals surface area contributed by atoms with Gasteiger partial charge in [-0.15, -0.1) is 0 Å².